The van der Waals surface area contributed by atoms with Crippen molar-refractivity contribution in [2.24, 2.45) is 0 Å². The van der Waals surface area contributed by atoms with Crippen LogP contribution in [-0.2, 0) is 23.8 Å². The maximum absolute atomic E-state index is 13.0. The summed E-state index contributed by atoms with van der Waals surface area (Å²) in [6.07, 6.45) is 0.763. The van der Waals surface area contributed by atoms with E-state index in [1.807, 2.05) is 13.8 Å². The summed E-state index contributed by atoms with van der Waals surface area (Å²) in [5.74, 6) is -1.97. The molecule has 0 saturated carbocycles. The second kappa shape index (κ2) is 12.3. The molecule has 1 aliphatic heterocycles. The molecule has 1 saturated heterocycles. The number of amides is 1. The zero-order valence-electron chi connectivity index (χ0n) is 19.7. The Bertz CT molecular complexity index is 872. The lowest BCUT2D eigenvalue weighted by Crippen LogP contribution is -2.45. The van der Waals surface area contributed by atoms with Crippen LogP contribution in [0.1, 0.15) is 51.0 Å². The molecule has 1 fully saturated rings. The maximum atomic E-state index is 13.0. The van der Waals surface area contributed by atoms with Crippen LogP contribution in [0.2, 0.25) is 0 Å². The van der Waals surface area contributed by atoms with E-state index in [0.29, 0.717) is 13.0 Å². The first kappa shape index (κ1) is 26.3. The highest BCUT2D eigenvalue weighted by molar-refractivity contribution is 5.98. The number of hydrogen-bond donors (Lipinski definition) is 1. The van der Waals surface area contributed by atoms with Gasteiger partial charge in [0.15, 0.2) is 11.4 Å². The summed E-state index contributed by atoms with van der Waals surface area (Å²) in [4.78, 5) is 41.3. The van der Waals surface area contributed by atoms with Crippen LogP contribution in [0.5, 0.6) is 11.5 Å². The van der Waals surface area contributed by atoms with E-state index in [4.69, 9.17) is 23.7 Å². The molecule has 33 heavy (non-hydrogen) atoms. The van der Waals surface area contributed by atoms with Gasteiger partial charge < -0.3 is 29.0 Å². The van der Waals surface area contributed by atoms with Gasteiger partial charge in [0, 0.05) is 32.2 Å². The first-order valence-corrected chi connectivity index (χ1v) is 10.8. The topological polar surface area (TPSA) is 122 Å². The zero-order valence-corrected chi connectivity index (χ0v) is 19.7. The fourth-order valence-corrected chi connectivity index (χ4v) is 3.37. The van der Waals surface area contributed by atoms with Crippen LogP contribution in [0.15, 0.2) is 24.4 Å². The highest BCUT2D eigenvalue weighted by atomic mass is 16.6. The van der Waals surface area contributed by atoms with E-state index in [0.717, 1.165) is 5.57 Å². The second-order valence-electron chi connectivity index (χ2n) is 7.79. The molecular weight excluding hydrogens is 432 g/mol. The van der Waals surface area contributed by atoms with Crippen molar-refractivity contribution in [3.8, 4) is 11.5 Å². The minimum atomic E-state index is -1.00. The van der Waals surface area contributed by atoms with Gasteiger partial charge in [-0.3, -0.25) is 9.59 Å². The summed E-state index contributed by atoms with van der Waals surface area (Å²) in [7, 11) is 1.37. The van der Waals surface area contributed by atoms with Crippen LogP contribution >= 0.6 is 0 Å². The van der Waals surface area contributed by atoms with Gasteiger partial charge in [0.05, 0.1) is 19.8 Å². The molecule has 1 aromatic rings. The predicted octanol–water partition coefficient (Wildman–Crippen LogP) is 2.21. The van der Waals surface area contributed by atoms with Crippen molar-refractivity contribution in [1.29, 1.82) is 0 Å². The van der Waals surface area contributed by atoms with Gasteiger partial charge >= 0.3 is 11.9 Å². The fraction of sp³-hybridized carbons (Fsp3) is 0.565. The molecule has 0 spiro atoms. The Morgan fingerprint density at radius 2 is 2.06 bits per heavy atom. The molecule has 10 nitrogen and oxygen atoms in total. The third-order valence-electron chi connectivity index (χ3n) is 4.93. The number of hydrogen-bond acceptors (Lipinski definition) is 9. The number of carbonyl (C=O) groups is 3. The minimum absolute atomic E-state index is 0.134. The van der Waals surface area contributed by atoms with E-state index < -0.39 is 36.1 Å². The van der Waals surface area contributed by atoms with E-state index in [1.165, 1.54) is 26.3 Å². The average molecular weight is 465 g/mol. The van der Waals surface area contributed by atoms with Crippen LogP contribution in [0.4, 0.5) is 0 Å². The molecule has 2 heterocycles. The van der Waals surface area contributed by atoms with Crippen LogP contribution < -0.4 is 14.8 Å². The van der Waals surface area contributed by atoms with Gasteiger partial charge in [-0.2, -0.15) is 0 Å². The Morgan fingerprint density at radius 3 is 2.67 bits per heavy atom. The molecule has 1 amide bonds. The summed E-state index contributed by atoms with van der Waals surface area (Å²) in [6, 6.07) is 0.449. The van der Waals surface area contributed by atoms with E-state index in [9.17, 15) is 14.4 Å². The number of esters is 2. The molecule has 1 aliphatic rings. The Labute approximate surface area is 193 Å². The van der Waals surface area contributed by atoms with E-state index >= 15 is 0 Å². The molecule has 1 aromatic heterocycles. The number of methoxy groups -OCH3 is 1. The summed E-state index contributed by atoms with van der Waals surface area (Å²) in [5, 5.41) is 2.61. The number of carbonyl (C=O) groups excluding carboxylic acids is 3. The van der Waals surface area contributed by atoms with Gasteiger partial charge in [-0.05, 0) is 20.3 Å². The molecular formula is C23H32N2O8. The number of ether oxygens (including phenoxy) is 5. The van der Waals surface area contributed by atoms with Crippen molar-refractivity contribution in [2.75, 3.05) is 20.3 Å². The second-order valence-corrected chi connectivity index (χ2v) is 7.79. The normalized spacial score (nSPS) is 23.4. The monoisotopic (exact) mass is 464 g/mol. The number of aromatic nitrogens is 1. The highest BCUT2D eigenvalue weighted by Gasteiger charge is 2.35. The molecule has 4 atom stereocenters. The van der Waals surface area contributed by atoms with Gasteiger partial charge in [0.1, 0.15) is 18.2 Å². The Morgan fingerprint density at radius 1 is 1.33 bits per heavy atom. The number of rotatable bonds is 8. The van der Waals surface area contributed by atoms with Gasteiger partial charge in [0.2, 0.25) is 5.75 Å². The van der Waals surface area contributed by atoms with Gasteiger partial charge in [-0.15, -0.1) is 0 Å². The van der Waals surface area contributed by atoms with Crippen molar-refractivity contribution in [2.45, 2.75) is 64.9 Å². The molecule has 2 rings (SSSR count). The molecule has 0 unspecified atom stereocenters. The quantitative estimate of drug-likeness (QED) is 0.456. The zero-order chi connectivity index (χ0) is 24.5. The minimum Gasteiger partial charge on any atom is -0.493 e. The Hall–Kier alpha value is -2.98. The smallest absolute Gasteiger partial charge is 0.329 e. The fourth-order valence-electron chi connectivity index (χ4n) is 3.37. The Balaban J connectivity index is 2.22. The molecule has 0 radical (unpaired) electrons. The van der Waals surface area contributed by atoms with Crippen molar-refractivity contribution in [1.82, 2.24) is 10.3 Å². The van der Waals surface area contributed by atoms with E-state index in [1.54, 1.807) is 6.92 Å². The standard InChI is InChI=1S/C23H32N2O8/c1-7-17-20(31-12-13(2)3)14(4)32-23(28)16(9-11-30-17)25-22(27)19-21(33-15(5)26)18(29-6)8-10-24-19/h8,10,14,16-17,20H,2,7,9,11-12H2,1,3-6H3,(H,25,27)/t14-,16-,17+,20-/m0/s1. The maximum Gasteiger partial charge on any atom is 0.329 e. The van der Waals surface area contributed by atoms with Crippen LogP contribution in [0, 0.1) is 0 Å². The highest BCUT2D eigenvalue weighted by Crippen LogP contribution is 2.30. The van der Waals surface area contributed by atoms with E-state index in [-0.39, 0.29) is 36.3 Å². The third kappa shape index (κ3) is 7.26. The molecule has 10 heteroatoms. The number of nitrogens with one attached hydrogen (secondary N) is 1. The lowest BCUT2D eigenvalue weighted by atomic mass is 10.1. The van der Waals surface area contributed by atoms with Crippen molar-refractivity contribution in [3.05, 3.63) is 30.1 Å². The molecule has 1 N–H and O–H groups in total. The predicted molar refractivity (Wildman–Crippen MR) is 118 cm³/mol. The molecule has 182 valence electrons. The first-order chi connectivity index (χ1) is 15.7. The Kier molecular flexibility index (Phi) is 9.80. The summed E-state index contributed by atoms with van der Waals surface area (Å²) >= 11 is 0. The summed E-state index contributed by atoms with van der Waals surface area (Å²) in [6.45, 7) is 11.1. The first-order valence-electron chi connectivity index (χ1n) is 10.8. The van der Waals surface area contributed by atoms with Crippen molar-refractivity contribution >= 4 is 17.8 Å². The lowest BCUT2D eigenvalue weighted by molar-refractivity contribution is -0.163. The van der Waals surface area contributed by atoms with Crippen molar-refractivity contribution in [3.63, 3.8) is 0 Å². The van der Waals surface area contributed by atoms with Crippen LogP contribution in [-0.4, -0.2) is 67.5 Å². The number of cyclic esters (lactones) is 1. The summed E-state index contributed by atoms with van der Waals surface area (Å²) < 4.78 is 27.8. The van der Waals surface area contributed by atoms with E-state index in [2.05, 4.69) is 16.9 Å². The summed E-state index contributed by atoms with van der Waals surface area (Å²) in [5.41, 5.74) is 0.642. The third-order valence-corrected chi connectivity index (χ3v) is 4.93. The lowest BCUT2D eigenvalue weighted by Gasteiger charge is -2.30. The van der Waals surface area contributed by atoms with Crippen LogP contribution in [0.25, 0.3) is 0 Å². The number of nitrogens with zero attached hydrogens (tertiary/aromatic N) is 1. The molecule has 0 bridgehead atoms. The van der Waals surface area contributed by atoms with Gasteiger partial charge in [-0.1, -0.05) is 19.1 Å². The average Bonchev–Trinajstić information content (AvgIpc) is 2.80. The van der Waals surface area contributed by atoms with Crippen LogP contribution in [0.3, 0.4) is 0 Å². The largest absolute Gasteiger partial charge is 0.493 e. The molecule has 0 aromatic carbocycles. The molecule has 0 aliphatic carbocycles. The number of pyridine rings is 1. The van der Waals surface area contributed by atoms with Gasteiger partial charge in [0.25, 0.3) is 5.91 Å². The van der Waals surface area contributed by atoms with Crippen molar-refractivity contribution < 1.29 is 38.1 Å². The SMILES string of the molecule is C=C(C)CO[C@H]1[C@H](C)OC(=O)[C@@H](NC(=O)c2nccc(OC)c2OC(C)=O)CCO[C@@H]1CC. The van der Waals surface area contributed by atoms with Gasteiger partial charge in [-0.25, -0.2) is 9.78 Å².